The number of hydrogen-bond acceptors (Lipinski definition) is 14. The average molecular weight is 469 g/mol. The summed E-state index contributed by atoms with van der Waals surface area (Å²) in [5.41, 5.74) is 23.4. The molecule has 3 rings (SSSR count). The zero-order valence-corrected chi connectivity index (χ0v) is 17.5. The molecule has 2 saturated heterocycles. The lowest BCUT2D eigenvalue weighted by molar-refractivity contribution is -0.328. The smallest absolute Gasteiger partial charge is 0.187 e. The van der Waals surface area contributed by atoms with E-state index in [0.29, 0.717) is 0 Å². The molecule has 0 radical (unpaired) electrons. The maximum Gasteiger partial charge on any atom is 0.187 e. The minimum Gasteiger partial charge on any atom is -0.390 e. The number of nitrogens with two attached hydrogens (primary N) is 4. The van der Waals surface area contributed by atoms with E-state index in [9.17, 15) is 30.6 Å². The Morgan fingerprint density at radius 1 is 0.719 bits per heavy atom. The van der Waals surface area contributed by atoms with Crippen LogP contribution in [0.4, 0.5) is 0 Å². The number of rotatable bonds is 6. The minimum absolute atomic E-state index is 0.00513. The molecule has 0 amide bonds. The zero-order chi connectivity index (χ0) is 23.7. The summed E-state index contributed by atoms with van der Waals surface area (Å²) in [6, 6.07) is -1.54. The topological polar surface area (TPSA) is 262 Å². The lowest BCUT2D eigenvalue weighted by Crippen LogP contribution is -2.67. The predicted molar refractivity (Wildman–Crippen MR) is 106 cm³/mol. The Bertz CT molecular complexity index is 606. The van der Waals surface area contributed by atoms with Crippen LogP contribution < -0.4 is 22.9 Å². The highest BCUT2D eigenvalue weighted by Crippen LogP contribution is 2.31. The summed E-state index contributed by atoms with van der Waals surface area (Å²) in [6.07, 6.45) is -14.0. The van der Waals surface area contributed by atoms with Gasteiger partial charge in [0.15, 0.2) is 12.6 Å². The van der Waals surface area contributed by atoms with E-state index in [2.05, 4.69) is 0 Å². The molecule has 14 heteroatoms. The lowest BCUT2D eigenvalue weighted by atomic mass is 9.84. The van der Waals surface area contributed by atoms with Gasteiger partial charge in [0, 0.05) is 31.1 Å². The maximum atomic E-state index is 10.9. The Hall–Kier alpha value is -0.560. The molecule has 0 aromatic heterocycles. The lowest BCUT2D eigenvalue weighted by Gasteiger charge is -2.47. The third-order valence-electron chi connectivity index (χ3n) is 6.46. The van der Waals surface area contributed by atoms with Gasteiger partial charge >= 0.3 is 0 Å². The van der Waals surface area contributed by atoms with Gasteiger partial charge in [-0.05, 0) is 6.42 Å². The number of ether oxygens (including phenoxy) is 4. The SMILES string of the molecule is NCC1O[C@@H](O[C@H]2C(N)C[C@@H](N)[C@H](O[C@H]3OC[C@@H](O)[C@H](CN)C3O)C2O)[C@H](O)C(O)[C@H]1O. The van der Waals surface area contributed by atoms with Crippen molar-refractivity contribution in [3.8, 4) is 0 Å². The molecule has 14 atom stereocenters. The van der Waals surface area contributed by atoms with E-state index < -0.39 is 85.5 Å². The van der Waals surface area contributed by atoms with Gasteiger partial charge in [-0.3, -0.25) is 0 Å². The van der Waals surface area contributed by atoms with Crippen molar-refractivity contribution < 1.29 is 49.6 Å². The van der Waals surface area contributed by atoms with Gasteiger partial charge in [0.2, 0.25) is 0 Å². The Labute approximate surface area is 185 Å². The van der Waals surface area contributed by atoms with Crippen LogP contribution in [-0.2, 0) is 18.9 Å². The summed E-state index contributed by atoms with van der Waals surface area (Å²) >= 11 is 0. The summed E-state index contributed by atoms with van der Waals surface area (Å²) in [4.78, 5) is 0. The molecular weight excluding hydrogens is 432 g/mol. The molecule has 1 aliphatic carbocycles. The summed E-state index contributed by atoms with van der Waals surface area (Å²) < 4.78 is 22.3. The van der Waals surface area contributed by atoms with Gasteiger partial charge in [0.25, 0.3) is 0 Å². The maximum absolute atomic E-state index is 10.9. The number of hydrogen-bond donors (Lipinski definition) is 10. The normalized spacial score (nSPS) is 52.7. The van der Waals surface area contributed by atoms with Crippen LogP contribution in [0.3, 0.4) is 0 Å². The van der Waals surface area contributed by atoms with E-state index >= 15 is 0 Å². The van der Waals surface area contributed by atoms with Crippen LogP contribution in [-0.4, -0.2) is 130 Å². The molecule has 3 fully saturated rings. The van der Waals surface area contributed by atoms with Crippen LogP contribution in [0.2, 0.25) is 0 Å². The van der Waals surface area contributed by atoms with Crippen molar-refractivity contribution in [1.82, 2.24) is 0 Å². The third kappa shape index (κ3) is 5.08. The largest absolute Gasteiger partial charge is 0.390 e. The van der Waals surface area contributed by atoms with Crippen LogP contribution in [0, 0.1) is 5.92 Å². The third-order valence-corrected chi connectivity index (χ3v) is 6.46. The van der Waals surface area contributed by atoms with E-state index in [4.69, 9.17) is 41.9 Å². The Morgan fingerprint density at radius 3 is 1.88 bits per heavy atom. The second-order valence-corrected chi connectivity index (χ2v) is 8.67. The molecule has 14 N–H and O–H groups in total. The zero-order valence-electron chi connectivity index (χ0n) is 17.5. The molecule has 188 valence electrons. The molecule has 0 bridgehead atoms. The number of aliphatic hydroxyl groups is 6. The summed E-state index contributed by atoms with van der Waals surface area (Å²) in [6.45, 7) is -0.273. The molecule has 0 aromatic rings. The fraction of sp³-hybridized carbons (Fsp3) is 1.00. The van der Waals surface area contributed by atoms with E-state index in [1.807, 2.05) is 0 Å². The van der Waals surface area contributed by atoms with Crippen molar-refractivity contribution in [2.45, 2.75) is 86.0 Å². The minimum atomic E-state index is -1.63. The second-order valence-electron chi connectivity index (χ2n) is 8.67. The highest BCUT2D eigenvalue weighted by atomic mass is 16.7. The van der Waals surface area contributed by atoms with Crippen molar-refractivity contribution in [2.24, 2.45) is 28.9 Å². The van der Waals surface area contributed by atoms with Crippen LogP contribution in [0.5, 0.6) is 0 Å². The van der Waals surface area contributed by atoms with Gasteiger partial charge in [-0.15, -0.1) is 0 Å². The highest BCUT2D eigenvalue weighted by Gasteiger charge is 2.50. The average Bonchev–Trinajstić information content (AvgIpc) is 2.75. The molecule has 5 unspecified atom stereocenters. The molecule has 0 aromatic carbocycles. The van der Waals surface area contributed by atoms with Gasteiger partial charge in [-0.1, -0.05) is 0 Å². The quantitative estimate of drug-likeness (QED) is 0.174. The fourth-order valence-corrected chi connectivity index (χ4v) is 4.43. The summed E-state index contributed by atoms with van der Waals surface area (Å²) in [5.74, 6) is -0.688. The van der Waals surface area contributed by atoms with Crippen molar-refractivity contribution in [3.05, 3.63) is 0 Å². The Kier molecular flexibility index (Phi) is 8.79. The van der Waals surface area contributed by atoms with Crippen molar-refractivity contribution in [3.63, 3.8) is 0 Å². The van der Waals surface area contributed by atoms with Crippen molar-refractivity contribution >= 4 is 0 Å². The van der Waals surface area contributed by atoms with E-state index in [1.165, 1.54) is 0 Å². The van der Waals surface area contributed by atoms with Crippen LogP contribution in [0.15, 0.2) is 0 Å². The summed E-state index contributed by atoms with van der Waals surface area (Å²) in [7, 11) is 0. The Balaban J connectivity index is 1.70. The van der Waals surface area contributed by atoms with Crippen LogP contribution >= 0.6 is 0 Å². The molecular formula is C18H36N4O10. The predicted octanol–water partition coefficient (Wildman–Crippen LogP) is -6.40. The molecule has 32 heavy (non-hydrogen) atoms. The first-order valence-corrected chi connectivity index (χ1v) is 10.7. The van der Waals surface area contributed by atoms with Crippen molar-refractivity contribution in [1.29, 1.82) is 0 Å². The van der Waals surface area contributed by atoms with Gasteiger partial charge in [0.05, 0.1) is 12.7 Å². The molecule has 2 aliphatic heterocycles. The molecule has 1 saturated carbocycles. The first kappa shape index (κ1) is 26.1. The van der Waals surface area contributed by atoms with Gasteiger partial charge in [0.1, 0.15) is 48.8 Å². The highest BCUT2D eigenvalue weighted by molar-refractivity contribution is 5.00. The molecule has 2 heterocycles. The molecule has 3 aliphatic rings. The summed E-state index contributed by atoms with van der Waals surface area (Å²) in [5, 5.41) is 61.5. The van der Waals surface area contributed by atoms with Crippen molar-refractivity contribution in [2.75, 3.05) is 19.7 Å². The van der Waals surface area contributed by atoms with E-state index in [0.717, 1.165) is 0 Å². The monoisotopic (exact) mass is 468 g/mol. The van der Waals surface area contributed by atoms with Gasteiger partial charge < -0.3 is 72.5 Å². The molecule has 14 nitrogen and oxygen atoms in total. The number of aliphatic hydroxyl groups excluding tert-OH is 6. The van der Waals surface area contributed by atoms with Gasteiger partial charge in [-0.25, -0.2) is 0 Å². The van der Waals surface area contributed by atoms with E-state index in [-0.39, 0.29) is 26.1 Å². The molecule has 0 spiro atoms. The standard InChI is InChI=1S/C18H36N4O10/c19-2-5-8(23)4-29-17(10(5)24)31-15-6(21)1-7(22)16(14(15)28)32-18-13(27)12(26)11(25)9(3-20)30-18/h5-18,23-28H,1-4,19-22H2/t5-,6+,7?,8+,9?,10?,11-,12?,13+,14?,15-,16-,17+,18-/m0/s1. The Morgan fingerprint density at radius 2 is 1.31 bits per heavy atom. The van der Waals surface area contributed by atoms with E-state index in [1.54, 1.807) is 0 Å². The second kappa shape index (κ2) is 10.8. The first-order valence-electron chi connectivity index (χ1n) is 10.7. The first-order chi connectivity index (χ1) is 15.1. The van der Waals surface area contributed by atoms with Gasteiger partial charge in [-0.2, -0.15) is 0 Å². The van der Waals surface area contributed by atoms with Crippen LogP contribution in [0.25, 0.3) is 0 Å². The fourth-order valence-electron chi connectivity index (χ4n) is 4.43. The van der Waals surface area contributed by atoms with Crippen LogP contribution in [0.1, 0.15) is 6.42 Å².